The minimum absolute atomic E-state index is 0.511. The Balaban J connectivity index is 1.80. The normalized spacial score (nSPS) is 24.2. The van der Waals surface area contributed by atoms with Gasteiger partial charge in [-0.3, -0.25) is 9.69 Å². The number of carboxylic acids is 1. The van der Waals surface area contributed by atoms with E-state index < -0.39 is 11.9 Å². The molecular formula is C12H21N3O3. The molecule has 6 heteroatoms. The molecule has 2 fully saturated rings. The Labute approximate surface area is 107 Å². The minimum atomic E-state index is -1.34. The number of carboxylic acid groups (broad SMARTS) is 1. The first kappa shape index (κ1) is 13.3. The van der Waals surface area contributed by atoms with Crippen molar-refractivity contribution in [3.63, 3.8) is 0 Å². The van der Waals surface area contributed by atoms with Gasteiger partial charge in [-0.1, -0.05) is 0 Å². The zero-order chi connectivity index (χ0) is 13.1. The SMILES string of the molecule is CN1CCN(C2CCN(C(=O)C(=O)O)CC2)CC1. The molecule has 0 saturated carbocycles. The third-order valence-corrected chi connectivity index (χ3v) is 3.99. The summed E-state index contributed by atoms with van der Waals surface area (Å²) in [6, 6.07) is 0.511. The molecule has 0 radical (unpaired) electrons. The van der Waals surface area contributed by atoms with Crippen LogP contribution in [-0.4, -0.2) is 84.0 Å². The lowest BCUT2D eigenvalue weighted by Gasteiger charge is -2.41. The number of amides is 1. The van der Waals surface area contributed by atoms with Crippen LogP contribution in [0.3, 0.4) is 0 Å². The summed E-state index contributed by atoms with van der Waals surface area (Å²) in [7, 11) is 2.13. The van der Waals surface area contributed by atoms with E-state index in [4.69, 9.17) is 5.11 Å². The highest BCUT2D eigenvalue weighted by molar-refractivity contribution is 6.31. The number of rotatable bonds is 1. The first-order chi connectivity index (χ1) is 8.58. The molecule has 2 saturated heterocycles. The molecule has 102 valence electrons. The molecule has 1 N–H and O–H groups in total. The summed E-state index contributed by atoms with van der Waals surface area (Å²) in [4.78, 5) is 28.2. The molecular weight excluding hydrogens is 234 g/mol. The van der Waals surface area contributed by atoms with E-state index in [0.29, 0.717) is 19.1 Å². The first-order valence-corrected chi connectivity index (χ1v) is 6.52. The topological polar surface area (TPSA) is 64.1 Å². The molecule has 6 nitrogen and oxygen atoms in total. The van der Waals surface area contributed by atoms with Gasteiger partial charge < -0.3 is 14.9 Å². The summed E-state index contributed by atoms with van der Waals surface area (Å²) in [6.07, 6.45) is 1.78. The third-order valence-electron chi connectivity index (χ3n) is 3.99. The molecule has 0 aliphatic carbocycles. The van der Waals surface area contributed by atoms with Crippen LogP contribution in [0.2, 0.25) is 0 Å². The van der Waals surface area contributed by atoms with E-state index in [-0.39, 0.29) is 0 Å². The maximum Gasteiger partial charge on any atom is 0.394 e. The number of likely N-dealkylation sites (N-methyl/N-ethyl adjacent to an activating group) is 1. The van der Waals surface area contributed by atoms with Crippen LogP contribution in [0.1, 0.15) is 12.8 Å². The van der Waals surface area contributed by atoms with Crippen LogP contribution in [0.5, 0.6) is 0 Å². The second kappa shape index (κ2) is 5.67. The van der Waals surface area contributed by atoms with Gasteiger partial charge in [-0.25, -0.2) is 4.79 Å². The summed E-state index contributed by atoms with van der Waals surface area (Å²) < 4.78 is 0. The second-order valence-electron chi connectivity index (χ2n) is 5.17. The fourth-order valence-electron chi connectivity index (χ4n) is 2.76. The summed E-state index contributed by atoms with van der Waals surface area (Å²) in [5.41, 5.74) is 0. The number of carbonyl (C=O) groups is 2. The Bertz CT molecular complexity index is 319. The quantitative estimate of drug-likeness (QED) is 0.628. The van der Waals surface area contributed by atoms with Gasteiger partial charge in [-0.05, 0) is 19.9 Å². The molecule has 2 rings (SSSR count). The fraction of sp³-hybridized carbons (Fsp3) is 0.833. The summed E-state index contributed by atoms with van der Waals surface area (Å²) in [5, 5.41) is 8.67. The van der Waals surface area contributed by atoms with Crippen molar-refractivity contribution in [2.75, 3.05) is 46.3 Å². The average Bonchev–Trinajstić information content (AvgIpc) is 2.39. The highest BCUT2D eigenvalue weighted by atomic mass is 16.4. The summed E-state index contributed by atoms with van der Waals surface area (Å²) in [5.74, 6) is -2.10. The minimum Gasteiger partial charge on any atom is -0.474 e. The van der Waals surface area contributed by atoms with Crippen molar-refractivity contribution in [1.82, 2.24) is 14.7 Å². The van der Waals surface area contributed by atoms with Crippen LogP contribution in [0.15, 0.2) is 0 Å². The van der Waals surface area contributed by atoms with Gasteiger partial charge in [0, 0.05) is 45.3 Å². The molecule has 0 aromatic heterocycles. The lowest BCUT2D eigenvalue weighted by Crippen LogP contribution is -2.53. The number of hydrogen-bond donors (Lipinski definition) is 1. The molecule has 2 heterocycles. The van der Waals surface area contributed by atoms with Gasteiger partial charge in [-0.2, -0.15) is 0 Å². The Morgan fingerprint density at radius 2 is 1.56 bits per heavy atom. The van der Waals surface area contributed by atoms with E-state index in [0.717, 1.165) is 39.0 Å². The van der Waals surface area contributed by atoms with Crippen molar-refractivity contribution in [1.29, 1.82) is 0 Å². The molecule has 0 spiro atoms. The van der Waals surface area contributed by atoms with E-state index in [9.17, 15) is 9.59 Å². The van der Waals surface area contributed by atoms with Crippen molar-refractivity contribution >= 4 is 11.9 Å². The van der Waals surface area contributed by atoms with Gasteiger partial charge in [0.05, 0.1) is 0 Å². The lowest BCUT2D eigenvalue weighted by molar-refractivity contribution is -0.156. The summed E-state index contributed by atoms with van der Waals surface area (Å²) >= 11 is 0. The smallest absolute Gasteiger partial charge is 0.394 e. The van der Waals surface area contributed by atoms with Crippen molar-refractivity contribution in [2.24, 2.45) is 0 Å². The van der Waals surface area contributed by atoms with Crippen LogP contribution < -0.4 is 0 Å². The standard InChI is InChI=1S/C12H21N3O3/c1-13-6-8-14(9-7-13)10-2-4-15(5-3-10)11(16)12(17)18/h10H,2-9H2,1H3,(H,17,18). The highest BCUT2D eigenvalue weighted by Crippen LogP contribution is 2.18. The van der Waals surface area contributed by atoms with Gasteiger partial charge in [-0.15, -0.1) is 0 Å². The van der Waals surface area contributed by atoms with Crippen LogP contribution >= 0.6 is 0 Å². The van der Waals surface area contributed by atoms with Gasteiger partial charge in [0.1, 0.15) is 0 Å². The van der Waals surface area contributed by atoms with Crippen molar-refractivity contribution in [3.05, 3.63) is 0 Å². The molecule has 1 amide bonds. The summed E-state index contributed by atoms with van der Waals surface area (Å²) in [6.45, 7) is 5.48. The van der Waals surface area contributed by atoms with Crippen LogP contribution in [-0.2, 0) is 9.59 Å². The van der Waals surface area contributed by atoms with Crippen molar-refractivity contribution in [2.45, 2.75) is 18.9 Å². The average molecular weight is 255 g/mol. The monoisotopic (exact) mass is 255 g/mol. The Kier molecular flexibility index (Phi) is 4.19. The third kappa shape index (κ3) is 3.00. The maximum absolute atomic E-state index is 11.3. The van der Waals surface area contributed by atoms with E-state index >= 15 is 0 Å². The molecule has 0 aromatic rings. The first-order valence-electron chi connectivity index (χ1n) is 6.52. The zero-order valence-electron chi connectivity index (χ0n) is 10.8. The second-order valence-corrected chi connectivity index (χ2v) is 5.17. The highest BCUT2D eigenvalue weighted by Gasteiger charge is 2.30. The predicted molar refractivity (Wildman–Crippen MR) is 66.3 cm³/mol. The molecule has 2 aliphatic heterocycles. The van der Waals surface area contributed by atoms with Gasteiger partial charge in [0.2, 0.25) is 0 Å². The van der Waals surface area contributed by atoms with Crippen LogP contribution in [0, 0.1) is 0 Å². The van der Waals surface area contributed by atoms with Crippen LogP contribution in [0.25, 0.3) is 0 Å². The number of piperazine rings is 1. The van der Waals surface area contributed by atoms with E-state index in [1.807, 2.05) is 0 Å². The van der Waals surface area contributed by atoms with Crippen LogP contribution in [0.4, 0.5) is 0 Å². The zero-order valence-corrected chi connectivity index (χ0v) is 10.8. The van der Waals surface area contributed by atoms with Gasteiger partial charge in [0.15, 0.2) is 0 Å². The molecule has 0 atom stereocenters. The van der Waals surface area contributed by atoms with E-state index in [2.05, 4.69) is 16.8 Å². The Morgan fingerprint density at radius 3 is 2.06 bits per heavy atom. The molecule has 2 aliphatic rings. The number of nitrogens with zero attached hydrogens (tertiary/aromatic N) is 3. The van der Waals surface area contributed by atoms with E-state index in [1.165, 1.54) is 4.90 Å². The number of carbonyl (C=O) groups excluding carboxylic acids is 1. The van der Waals surface area contributed by atoms with Gasteiger partial charge in [0.25, 0.3) is 0 Å². The van der Waals surface area contributed by atoms with Gasteiger partial charge >= 0.3 is 11.9 Å². The van der Waals surface area contributed by atoms with Crippen molar-refractivity contribution in [3.8, 4) is 0 Å². The Morgan fingerprint density at radius 1 is 1.00 bits per heavy atom. The molecule has 0 bridgehead atoms. The number of hydrogen-bond acceptors (Lipinski definition) is 4. The molecule has 0 unspecified atom stereocenters. The fourth-order valence-corrected chi connectivity index (χ4v) is 2.76. The largest absolute Gasteiger partial charge is 0.474 e. The van der Waals surface area contributed by atoms with E-state index in [1.54, 1.807) is 0 Å². The number of aliphatic carboxylic acids is 1. The van der Waals surface area contributed by atoms with Crippen molar-refractivity contribution < 1.29 is 14.7 Å². The number of likely N-dealkylation sites (tertiary alicyclic amines) is 1. The Hall–Kier alpha value is -1.14. The maximum atomic E-state index is 11.3. The molecule has 0 aromatic carbocycles. The molecule has 18 heavy (non-hydrogen) atoms. The number of piperidine rings is 1. The lowest BCUT2D eigenvalue weighted by atomic mass is 10.0. The predicted octanol–water partition coefficient (Wildman–Crippen LogP) is -0.691.